The molecule has 113 heavy (non-hydrogen) atoms. The van der Waals surface area contributed by atoms with Crippen molar-refractivity contribution in [2.75, 3.05) is 42.7 Å². The van der Waals surface area contributed by atoms with Crippen LogP contribution in [0.25, 0.3) is 65.6 Å². The Labute approximate surface area is 646 Å². The molecular formula is C83H61F6N3O18S3. The first-order valence-corrected chi connectivity index (χ1v) is 36.2. The number of fused-ring (bicyclic) bond motifs is 9. The Balaban J connectivity index is 0.000000148. The molecule has 15 aromatic rings. The number of rotatable bonds is 18. The molecule has 0 aliphatic heterocycles. The first kappa shape index (κ1) is 78.2. The van der Waals surface area contributed by atoms with Crippen molar-refractivity contribution in [2.24, 2.45) is 0 Å². The van der Waals surface area contributed by atoms with Crippen molar-refractivity contribution in [3.63, 3.8) is 0 Å². The SMILES string of the molecule is COc1ccc2c3oc(=O)c(Sc4cccc(C(F)(F)F)c4)c(O)c3c(=O)n(Cc3ccccc3OC)c2c1.COc1ccc2c3oc(=O)c(Sc4ccccc4)c(O)c3c(=O)n(Cc3ccccc3OC)c2c1.COc1ccc2c3oc(=O)c(Sc4ccccc4C(F)(F)F)c(O)c3c(=O)n(Cc3ccccc3OC)c2c1. The number of methoxy groups -OCH3 is 6. The highest BCUT2D eigenvalue weighted by molar-refractivity contribution is 8.00. The second-order valence-corrected chi connectivity index (χ2v) is 27.9. The third-order valence-electron chi connectivity index (χ3n) is 18.1. The number of aromatic nitrogens is 3. The van der Waals surface area contributed by atoms with Crippen molar-refractivity contribution in [3.8, 4) is 51.7 Å². The molecular weight excluding hydrogens is 1540 g/mol. The van der Waals surface area contributed by atoms with Gasteiger partial charge in [0.2, 0.25) is 0 Å². The molecule has 576 valence electrons. The zero-order valence-corrected chi connectivity index (χ0v) is 62.5. The summed E-state index contributed by atoms with van der Waals surface area (Å²) in [6.45, 7) is 0.222. The minimum absolute atomic E-state index is 0.0143. The average Bonchev–Trinajstić information content (AvgIpc) is 0.745. The van der Waals surface area contributed by atoms with Gasteiger partial charge in [0.1, 0.15) is 65.3 Å². The highest BCUT2D eigenvalue weighted by Gasteiger charge is 2.36. The van der Waals surface area contributed by atoms with E-state index in [4.69, 9.17) is 41.7 Å². The van der Waals surface area contributed by atoms with E-state index < -0.39 is 84.1 Å². The van der Waals surface area contributed by atoms with E-state index in [0.717, 1.165) is 40.4 Å². The second kappa shape index (κ2) is 32.6. The first-order chi connectivity index (χ1) is 54.3. The number of ether oxygens (including phenoxy) is 6. The number of benzene rings is 9. The summed E-state index contributed by atoms with van der Waals surface area (Å²) in [5, 5.41) is 34.1. The number of aromatic hydroxyl groups is 3. The van der Waals surface area contributed by atoms with Gasteiger partial charge < -0.3 is 70.7 Å². The van der Waals surface area contributed by atoms with Crippen LogP contribution in [-0.2, 0) is 32.0 Å². The summed E-state index contributed by atoms with van der Waals surface area (Å²) in [7, 11) is 9.01. The van der Waals surface area contributed by atoms with Gasteiger partial charge in [-0.3, -0.25) is 14.4 Å². The van der Waals surface area contributed by atoms with Crippen molar-refractivity contribution >= 4 is 101 Å². The molecule has 0 amide bonds. The van der Waals surface area contributed by atoms with Gasteiger partial charge in [0, 0.05) is 65.7 Å². The summed E-state index contributed by atoms with van der Waals surface area (Å²) >= 11 is 2.01. The maximum atomic E-state index is 13.9. The van der Waals surface area contributed by atoms with Crippen LogP contribution in [-0.4, -0.2) is 71.7 Å². The third kappa shape index (κ3) is 15.7. The Kier molecular flexibility index (Phi) is 22.5. The minimum Gasteiger partial charge on any atom is -0.505 e. The lowest BCUT2D eigenvalue weighted by Gasteiger charge is -2.16. The molecule has 0 saturated heterocycles. The summed E-state index contributed by atoms with van der Waals surface area (Å²) < 4.78 is 134. The third-order valence-corrected chi connectivity index (χ3v) is 21.4. The van der Waals surface area contributed by atoms with Gasteiger partial charge in [0.15, 0.2) is 34.0 Å². The maximum Gasteiger partial charge on any atom is 0.417 e. The van der Waals surface area contributed by atoms with Crippen LogP contribution in [0.5, 0.6) is 51.7 Å². The predicted molar refractivity (Wildman–Crippen MR) is 415 cm³/mol. The average molecular weight is 1600 g/mol. The Morgan fingerprint density at radius 2 is 0.690 bits per heavy atom. The number of alkyl halides is 6. The van der Waals surface area contributed by atoms with Crippen LogP contribution in [0, 0.1) is 0 Å². The van der Waals surface area contributed by atoms with Gasteiger partial charge in [-0.15, -0.1) is 0 Å². The van der Waals surface area contributed by atoms with E-state index in [-0.39, 0.29) is 67.2 Å². The van der Waals surface area contributed by atoms with Gasteiger partial charge in [-0.1, -0.05) is 126 Å². The largest absolute Gasteiger partial charge is 0.505 e. The zero-order valence-electron chi connectivity index (χ0n) is 60.1. The van der Waals surface area contributed by atoms with E-state index in [2.05, 4.69) is 0 Å². The van der Waals surface area contributed by atoms with E-state index >= 15 is 0 Å². The molecule has 0 aliphatic rings. The Morgan fingerprint density at radius 3 is 1.05 bits per heavy atom. The van der Waals surface area contributed by atoms with E-state index in [1.54, 1.807) is 122 Å². The zero-order chi connectivity index (χ0) is 80.3. The normalized spacial score (nSPS) is 11.5. The standard InChI is InChI=1S/2C28H20F3NO6S.C27H21NO6S/c1-36-16-11-12-17-19(13-16)32(14-15-7-3-5-9-20(15)37-2)26(34)22-23(33)25(27(35)38-24(17)22)39-21-10-6-4-8-18(21)28(29,30)31;1-36-17-10-11-19-20(13-17)32(14-15-6-3-4-9-21(15)37-2)26(34)22-23(33)25(27(35)38-24(19)22)39-18-8-5-7-16(12-18)28(29,30)31;1-32-17-12-13-19-20(14-17)28(15-16-8-6-7-11-21(16)33-2)26(30)22-23(29)25(27(31)34-24(19)22)35-18-9-4-3-5-10-18/h2*3-13,33H,14H2,1-2H3;3-14,29H,15H2,1-2H3. The van der Waals surface area contributed by atoms with Gasteiger partial charge in [0.25, 0.3) is 16.7 Å². The van der Waals surface area contributed by atoms with Gasteiger partial charge >= 0.3 is 29.2 Å². The van der Waals surface area contributed by atoms with Crippen molar-refractivity contribution < 1.29 is 83.3 Å². The molecule has 0 radical (unpaired) electrons. The topological polar surface area (TPSA) is 273 Å². The molecule has 9 aromatic carbocycles. The highest BCUT2D eigenvalue weighted by atomic mass is 32.2. The monoisotopic (exact) mass is 1600 g/mol. The molecule has 0 aliphatic carbocycles. The number of hydrogen-bond acceptors (Lipinski definition) is 21. The molecule has 15 rings (SSSR count). The summed E-state index contributed by atoms with van der Waals surface area (Å²) in [4.78, 5) is 79.9. The molecule has 0 bridgehead atoms. The Morgan fingerprint density at radius 1 is 0.354 bits per heavy atom. The fourth-order valence-corrected chi connectivity index (χ4v) is 15.4. The van der Waals surface area contributed by atoms with E-state index in [1.165, 1.54) is 79.6 Å². The molecule has 0 atom stereocenters. The van der Waals surface area contributed by atoms with E-state index in [0.29, 0.717) is 102 Å². The van der Waals surface area contributed by atoms with Crippen LogP contribution < -0.4 is 62.0 Å². The van der Waals surface area contributed by atoms with Crippen LogP contribution in [0.2, 0.25) is 0 Å². The lowest BCUT2D eigenvalue weighted by molar-refractivity contribution is -0.140. The molecule has 3 N–H and O–H groups in total. The molecule has 0 saturated carbocycles. The highest BCUT2D eigenvalue weighted by Crippen LogP contribution is 2.45. The predicted octanol–water partition coefficient (Wildman–Crippen LogP) is 17.1. The number of hydrogen-bond donors (Lipinski definition) is 3. The van der Waals surface area contributed by atoms with Crippen LogP contribution >= 0.6 is 35.3 Å². The van der Waals surface area contributed by atoms with Crippen molar-refractivity contribution in [1.29, 1.82) is 0 Å². The molecule has 0 fully saturated rings. The van der Waals surface area contributed by atoms with Crippen LogP contribution in [0.1, 0.15) is 27.8 Å². The van der Waals surface area contributed by atoms with Crippen LogP contribution in [0.15, 0.2) is 278 Å². The van der Waals surface area contributed by atoms with Gasteiger partial charge in [-0.25, -0.2) is 14.4 Å². The number of pyridine rings is 3. The lowest BCUT2D eigenvalue weighted by Crippen LogP contribution is -2.23. The quantitative estimate of drug-likeness (QED) is 0.0532. The van der Waals surface area contributed by atoms with E-state index in [9.17, 15) is 70.4 Å². The number of para-hydroxylation sites is 3. The molecule has 6 aromatic heterocycles. The lowest BCUT2D eigenvalue weighted by atomic mass is 10.1. The maximum absolute atomic E-state index is 13.9. The summed E-state index contributed by atoms with van der Waals surface area (Å²) in [6, 6.07) is 54.2. The van der Waals surface area contributed by atoms with Crippen LogP contribution in [0.3, 0.4) is 0 Å². The van der Waals surface area contributed by atoms with Crippen molar-refractivity contribution in [3.05, 3.63) is 296 Å². The van der Waals surface area contributed by atoms with Gasteiger partial charge in [-0.2, -0.15) is 26.3 Å². The summed E-state index contributed by atoms with van der Waals surface area (Å²) in [6.07, 6.45) is -9.30. The Hall–Kier alpha value is -12.9. The van der Waals surface area contributed by atoms with Gasteiger partial charge in [0.05, 0.1) is 90.0 Å². The summed E-state index contributed by atoms with van der Waals surface area (Å²) in [5.41, 5.74) is -3.60. The number of halogens is 6. The molecule has 0 spiro atoms. The summed E-state index contributed by atoms with van der Waals surface area (Å²) in [5.74, 6) is 1.24. The second-order valence-electron chi connectivity index (χ2n) is 24.7. The first-order valence-electron chi connectivity index (χ1n) is 33.8. The van der Waals surface area contributed by atoms with Crippen LogP contribution in [0.4, 0.5) is 26.3 Å². The van der Waals surface area contributed by atoms with Crippen molar-refractivity contribution in [2.45, 2.75) is 61.4 Å². The Bertz CT molecular complexity index is 6620. The molecule has 0 unspecified atom stereocenters. The fraction of sp³-hybridized carbons (Fsp3) is 0.133. The van der Waals surface area contributed by atoms with Gasteiger partial charge in [-0.05, 0) is 97.1 Å². The van der Waals surface area contributed by atoms with E-state index in [1.807, 2.05) is 42.5 Å². The smallest absolute Gasteiger partial charge is 0.417 e. The molecule has 6 heterocycles. The minimum atomic E-state index is -4.70. The fourth-order valence-electron chi connectivity index (χ4n) is 12.7. The molecule has 30 heteroatoms. The van der Waals surface area contributed by atoms with Crippen molar-refractivity contribution in [1.82, 2.24) is 13.7 Å². The molecule has 21 nitrogen and oxygen atoms in total. The number of nitrogens with zero attached hydrogens (tertiary/aromatic N) is 3.